The van der Waals surface area contributed by atoms with Crippen molar-refractivity contribution < 1.29 is 9.53 Å². The number of aromatic nitrogens is 3. The van der Waals surface area contributed by atoms with Gasteiger partial charge in [0.05, 0.1) is 29.7 Å². The number of nitrogens with zero attached hydrogens (tertiary/aromatic N) is 5. The summed E-state index contributed by atoms with van der Waals surface area (Å²) in [5.41, 5.74) is 5.34. The van der Waals surface area contributed by atoms with E-state index < -0.39 is 0 Å². The summed E-state index contributed by atoms with van der Waals surface area (Å²) in [6.07, 6.45) is 0.707. The molecule has 0 spiro atoms. The Kier molecular flexibility index (Phi) is 4.71. The van der Waals surface area contributed by atoms with Crippen molar-refractivity contribution in [3.05, 3.63) is 40.2 Å². The number of anilines is 2. The molecule has 3 aromatic rings. The van der Waals surface area contributed by atoms with Crippen LogP contribution in [-0.4, -0.2) is 39.4 Å². The van der Waals surface area contributed by atoms with Gasteiger partial charge in [-0.1, -0.05) is 17.4 Å². The molecule has 9 heteroatoms. The zero-order chi connectivity index (χ0) is 22.6. The third kappa shape index (κ3) is 3.31. The van der Waals surface area contributed by atoms with E-state index in [0.717, 1.165) is 44.8 Å². The predicted octanol–water partition coefficient (Wildman–Crippen LogP) is 3.74. The Bertz CT molecular complexity index is 1280. The standard InChI is InChI=1S/C23H24N6O2S/c1-13-19(14(2)29(27-13)8-7-24)15-5-6-18-17(11-15)28(9-10-31-18)22-25-16-12-23(3,4)26-21(30)20(16)32-22/h5-6,11H,8-10,12H2,1-4H3,(H,26,30). The van der Waals surface area contributed by atoms with Crippen molar-refractivity contribution in [2.75, 3.05) is 18.1 Å². The van der Waals surface area contributed by atoms with Crippen LogP contribution in [0.25, 0.3) is 11.1 Å². The van der Waals surface area contributed by atoms with Crippen molar-refractivity contribution in [3.63, 3.8) is 0 Å². The number of carbonyl (C=O) groups excluding carboxylic acids is 1. The highest BCUT2D eigenvalue weighted by Gasteiger charge is 2.35. The second kappa shape index (κ2) is 7.35. The molecule has 1 amide bonds. The van der Waals surface area contributed by atoms with E-state index in [4.69, 9.17) is 15.0 Å². The molecule has 0 fully saturated rings. The molecule has 0 saturated heterocycles. The number of benzene rings is 1. The van der Waals surface area contributed by atoms with Crippen LogP contribution in [0.1, 0.15) is 40.6 Å². The number of hydrogen-bond acceptors (Lipinski definition) is 7. The fourth-order valence-electron chi connectivity index (χ4n) is 4.49. The number of rotatable bonds is 3. The number of fused-ring (bicyclic) bond motifs is 2. The fraction of sp³-hybridized carbons (Fsp3) is 0.391. The van der Waals surface area contributed by atoms with Gasteiger partial charge in [-0.3, -0.25) is 9.48 Å². The smallest absolute Gasteiger partial charge is 0.263 e. The molecule has 8 nitrogen and oxygen atoms in total. The molecule has 0 aliphatic carbocycles. The number of hydrogen-bond donors (Lipinski definition) is 1. The van der Waals surface area contributed by atoms with Crippen LogP contribution >= 0.6 is 11.3 Å². The number of ether oxygens (including phenoxy) is 1. The van der Waals surface area contributed by atoms with Crippen molar-refractivity contribution >= 4 is 28.1 Å². The maximum atomic E-state index is 12.6. The minimum absolute atomic E-state index is 0.0570. The lowest BCUT2D eigenvalue weighted by Crippen LogP contribution is -2.48. The molecular formula is C23H24N6O2S. The van der Waals surface area contributed by atoms with Crippen LogP contribution in [0, 0.1) is 25.2 Å². The number of nitrogens with one attached hydrogen (secondary N) is 1. The third-order valence-corrected chi connectivity index (χ3v) is 7.02. The average Bonchev–Trinajstić information content (AvgIpc) is 3.27. The van der Waals surface area contributed by atoms with Crippen LogP contribution in [0.2, 0.25) is 0 Å². The van der Waals surface area contributed by atoms with Gasteiger partial charge < -0.3 is 15.0 Å². The first-order chi connectivity index (χ1) is 15.3. The van der Waals surface area contributed by atoms with E-state index in [1.54, 1.807) is 4.68 Å². The molecule has 1 aromatic carbocycles. The van der Waals surface area contributed by atoms with Crippen molar-refractivity contribution in [3.8, 4) is 22.9 Å². The van der Waals surface area contributed by atoms with Crippen LogP contribution < -0.4 is 15.0 Å². The minimum atomic E-state index is -0.301. The number of amides is 1. The van der Waals surface area contributed by atoms with Gasteiger partial charge in [0.25, 0.3) is 5.91 Å². The molecule has 32 heavy (non-hydrogen) atoms. The SMILES string of the molecule is Cc1nn(CC#N)c(C)c1-c1ccc2c(c1)N(c1nc3c(s1)C(=O)NC(C)(C)C3)CCO2. The average molecular weight is 449 g/mol. The Labute approximate surface area is 190 Å². The fourth-order valence-corrected chi connectivity index (χ4v) is 5.50. The van der Waals surface area contributed by atoms with Gasteiger partial charge in [-0.25, -0.2) is 4.98 Å². The van der Waals surface area contributed by atoms with Gasteiger partial charge in [-0.05, 0) is 45.4 Å². The van der Waals surface area contributed by atoms with E-state index in [1.807, 2.05) is 39.8 Å². The molecular weight excluding hydrogens is 424 g/mol. The normalized spacial score (nSPS) is 16.6. The monoisotopic (exact) mass is 448 g/mol. The maximum Gasteiger partial charge on any atom is 0.263 e. The van der Waals surface area contributed by atoms with Crippen molar-refractivity contribution in [1.82, 2.24) is 20.1 Å². The first kappa shape index (κ1) is 20.5. The van der Waals surface area contributed by atoms with Crippen molar-refractivity contribution in [2.45, 2.75) is 46.2 Å². The van der Waals surface area contributed by atoms with Gasteiger partial charge in [-0.15, -0.1) is 0 Å². The topological polar surface area (TPSA) is 96.1 Å². The van der Waals surface area contributed by atoms with Gasteiger partial charge in [0.1, 0.15) is 23.8 Å². The van der Waals surface area contributed by atoms with E-state index >= 15 is 0 Å². The lowest BCUT2D eigenvalue weighted by atomic mass is 9.94. The molecule has 0 unspecified atom stereocenters. The van der Waals surface area contributed by atoms with Gasteiger partial charge in [0.15, 0.2) is 5.13 Å². The molecule has 0 radical (unpaired) electrons. The van der Waals surface area contributed by atoms with Gasteiger partial charge in [0, 0.05) is 23.2 Å². The van der Waals surface area contributed by atoms with E-state index in [9.17, 15) is 4.79 Å². The van der Waals surface area contributed by atoms with Crippen molar-refractivity contribution in [2.24, 2.45) is 0 Å². The molecule has 2 aliphatic rings. The number of carbonyl (C=O) groups is 1. The Morgan fingerprint density at radius 3 is 2.94 bits per heavy atom. The summed E-state index contributed by atoms with van der Waals surface area (Å²) in [6, 6.07) is 8.25. The van der Waals surface area contributed by atoms with Crippen molar-refractivity contribution in [1.29, 1.82) is 5.26 Å². The lowest BCUT2D eigenvalue weighted by molar-refractivity contribution is 0.0901. The van der Waals surface area contributed by atoms with Crippen LogP contribution in [0.4, 0.5) is 10.8 Å². The van der Waals surface area contributed by atoms with Crippen LogP contribution in [-0.2, 0) is 13.0 Å². The molecule has 0 bridgehead atoms. The Balaban J connectivity index is 1.57. The zero-order valence-corrected chi connectivity index (χ0v) is 19.3. The summed E-state index contributed by atoms with van der Waals surface area (Å²) in [5.74, 6) is 0.732. The first-order valence-corrected chi connectivity index (χ1v) is 11.4. The Morgan fingerprint density at radius 1 is 1.34 bits per heavy atom. The number of thiazole rings is 1. The first-order valence-electron chi connectivity index (χ1n) is 10.6. The molecule has 5 rings (SSSR count). The highest BCUT2D eigenvalue weighted by atomic mass is 32.1. The van der Waals surface area contributed by atoms with Crippen LogP contribution in [0.3, 0.4) is 0 Å². The molecule has 164 valence electrons. The second-order valence-electron chi connectivity index (χ2n) is 8.83. The summed E-state index contributed by atoms with van der Waals surface area (Å²) in [4.78, 5) is 20.3. The minimum Gasteiger partial charge on any atom is -0.490 e. The Hall–Kier alpha value is -3.38. The quantitative estimate of drug-likeness (QED) is 0.656. The molecule has 0 saturated carbocycles. The van der Waals surface area contributed by atoms with Crippen LogP contribution in [0.15, 0.2) is 18.2 Å². The summed E-state index contributed by atoms with van der Waals surface area (Å²) in [5, 5.41) is 17.5. The third-order valence-electron chi connectivity index (χ3n) is 5.90. The summed E-state index contributed by atoms with van der Waals surface area (Å²) < 4.78 is 7.65. The summed E-state index contributed by atoms with van der Waals surface area (Å²) in [7, 11) is 0. The highest BCUT2D eigenvalue weighted by molar-refractivity contribution is 7.17. The Morgan fingerprint density at radius 2 is 2.16 bits per heavy atom. The maximum absolute atomic E-state index is 12.6. The zero-order valence-electron chi connectivity index (χ0n) is 18.5. The van der Waals surface area contributed by atoms with Gasteiger partial charge in [0.2, 0.25) is 0 Å². The molecule has 1 N–H and O–H groups in total. The largest absolute Gasteiger partial charge is 0.490 e. The van der Waals surface area contributed by atoms with Gasteiger partial charge >= 0.3 is 0 Å². The summed E-state index contributed by atoms with van der Waals surface area (Å²) >= 11 is 1.43. The lowest BCUT2D eigenvalue weighted by Gasteiger charge is -2.30. The molecule has 2 aromatic heterocycles. The number of nitriles is 1. The van der Waals surface area contributed by atoms with E-state index in [1.165, 1.54) is 11.3 Å². The predicted molar refractivity (Wildman–Crippen MR) is 123 cm³/mol. The molecule has 0 atom stereocenters. The summed E-state index contributed by atoms with van der Waals surface area (Å²) in [6.45, 7) is 9.39. The van der Waals surface area contributed by atoms with Gasteiger partial charge in [-0.2, -0.15) is 10.4 Å². The number of aryl methyl sites for hydroxylation is 1. The van der Waals surface area contributed by atoms with E-state index in [0.29, 0.717) is 24.4 Å². The second-order valence-corrected chi connectivity index (χ2v) is 9.81. The van der Waals surface area contributed by atoms with Crippen LogP contribution in [0.5, 0.6) is 5.75 Å². The molecule has 4 heterocycles. The van der Waals surface area contributed by atoms with E-state index in [-0.39, 0.29) is 18.0 Å². The highest BCUT2D eigenvalue weighted by Crippen LogP contribution is 2.43. The van der Waals surface area contributed by atoms with E-state index in [2.05, 4.69) is 27.5 Å². The molecule has 2 aliphatic heterocycles.